The van der Waals surface area contributed by atoms with E-state index >= 15 is 0 Å². The Kier molecular flexibility index (Phi) is 11.4. The molecule has 0 spiro atoms. The van der Waals surface area contributed by atoms with Crippen LogP contribution < -0.4 is 16.0 Å². The molecule has 0 unspecified atom stereocenters. The van der Waals surface area contributed by atoms with Gasteiger partial charge in [-0.25, -0.2) is 9.97 Å². The molecule has 0 radical (unpaired) electrons. The first kappa shape index (κ1) is 30.3. The number of hydrogen-bond acceptors (Lipinski definition) is 7. The highest BCUT2D eigenvalue weighted by atomic mass is 16.5. The van der Waals surface area contributed by atoms with Gasteiger partial charge in [0.05, 0.1) is 19.2 Å². The fraction of sp³-hybridized carbons (Fsp3) is 0.455. The molecule has 3 atom stereocenters. The Hall–Kier alpha value is -3.62. The zero-order valence-electron chi connectivity index (χ0n) is 24.4. The van der Waals surface area contributed by atoms with Crippen LogP contribution in [0, 0.1) is 5.92 Å². The molecule has 1 aliphatic carbocycles. The summed E-state index contributed by atoms with van der Waals surface area (Å²) >= 11 is 0. The first-order chi connectivity index (χ1) is 19.9. The van der Waals surface area contributed by atoms with Gasteiger partial charge >= 0.3 is 5.97 Å². The second-order valence-electron chi connectivity index (χ2n) is 11.1. The Morgan fingerprint density at radius 2 is 1.63 bits per heavy atom. The van der Waals surface area contributed by atoms with Crippen LogP contribution in [0.5, 0.6) is 0 Å². The summed E-state index contributed by atoms with van der Waals surface area (Å²) in [6.07, 6.45) is 7.67. The molecule has 0 saturated heterocycles. The highest BCUT2D eigenvalue weighted by Crippen LogP contribution is 2.23. The Labute approximate surface area is 243 Å². The Balaban J connectivity index is 1.55. The summed E-state index contributed by atoms with van der Waals surface area (Å²) < 4.78 is 5.09. The third-order valence-electron chi connectivity index (χ3n) is 7.66. The van der Waals surface area contributed by atoms with E-state index in [9.17, 15) is 9.59 Å². The smallest absolute Gasteiger partial charge is 0.323 e. The van der Waals surface area contributed by atoms with Gasteiger partial charge in [-0.05, 0) is 36.0 Å². The van der Waals surface area contributed by atoms with Crippen LogP contribution in [0.25, 0.3) is 0 Å². The summed E-state index contributed by atoms with van der Waals surface area (Å²) in [5.41, 5.74) is 2.75. The lowest BCUT2D eigenvalue weighted by Crippen LogP contribution is -2.52. The first-order valence-electron chi connectivity index (χ1n) is 14.7. The molecule has 218 valence electrons. The van der Waals surface area contributed by atoms with Crippen molar-refractivity contribution in [2.24, 2.45) is 5.92 Å². The molecule has 1 saturated carbocycles. The van der Waals surface area contributed by atoms with Crippen LogP contribution in [0.2, 0.25) is 0 Å². The molecule has 2 aromatic carbocycles. The van der Waals surface area contributed by atoms with Crippen molar-refractivity contribution in [2.45, 2.75) is 83.1 Å². The summed E-state index contributed by atoms with van der Waals surface area (Å²) in [6.45, 7) is 4.63. The molecule has 3 N–H and O–H groups in total. The number of rotatable bonds is 13. The summed E-state index contributed by atoms with van der Waals surface area (Å²) in [5.74, 6) is 0.272. The van der Waals surface area contributed by atoms with Crippen molar-refractivity contribution in [3.05, 3.63) is 95.6 Å². The Bertz CT molecular complexity index is 1230. The zero-order valence-corrected chi connectivity index (χ0v) is 24.4. The van der Waals surface area contributed by atoms with E-state index in [-0.39, 0.29) is 23.8 Å². The quantitative estimate of drug-likeness (QED) is 0.266. The average Bonchev–Trinajstić information content (AvgIpc) is 3.00. The standard InChI is InChI=1S/C33H43N5O3/c1-23(2)29(32(39)37-26-17-11-6-12-18-26)38-30(25-15-9-5-10-16-25)31-34-20-19-27(36-31)21-28(33(40)41-3)35-22-24-13-7-4-8-14-24/h4-5,7-10,13-16,19-20,23,26,28-30,35,38H,6,11-12,17-18,21-22H2,1-3H3,(H,37,39)/t28-,29-,30+/m0/s1. The molecule has 1 amide bonds. The molecule has 4 rings (SSSR count). The van der Waals surface area contributed by atoms with Gasteiger partial charge in [-0.2, -0.15) is 0 Å². The van der Waals surface area contributed by atoms with Crippen molar-refractivity contribution in [2.75, 3.05) is 7.11 Å². The number of methoxy groups -OCH3 is 1. The summed E-state index contributed by atoms with van der Waals surface area (Å²) in [4.78, 5) is 35.7. The number of esters is 1. The van der Waals surface area contributed by atoms with E-state index in [1.165, 1.54) is 13.5 Å². The highest BCUT2D eigenvalue weighted by molar-refractivity contribution is 5.82. The van der Waals surface area contributed by atoms with Gasteiger partial charge in [0.25, 0.3) is 0 Å². The number of carbonyl (C=O) groups excluding carboxylic acids is 2. The van der Waals surface area contributed by atoms with Crippen molar-refractivity contribution in [3.63, 3.8) is 0 Å². The monoisotopic (exact) mass is 557 g/mol. The molecule has 1 heterocycles. The molecule has 3 aromatic rings. The molecule has 8 heteroatoms. The van der Waals surface area contributed by atoms with Crippen LogP contribution in [0.15, 0.2) is 72.9 Å². The summed E-state index contributed by atoms with van der Waals surface area (Å²) in [6, 6.07) is 20.5. The number of hydrogen-bond donors (Lipinski definition) is 3. The maximum Gasteiger partial charge on any atom is 0.323 e. The van der Waals surface area contributed by atoms with Crippen molar-refractivity contribution in [3.8, 4) is 0 Å². The second kappa shape index (κ2) is 15.4. The first-order valence-corrected chi connectivity index (χ1v) is 14.7. The van der Waals surface area contributed by atoms with Crippen LogP contribution in [0.4, 0.5) is 0 Å². The average molecular weight is 558 g/mol. The van der Waals surface area contributed by atoms with Gasteiger partial charge in [0.15, 0.2) is 0 Å². The van der Waals surface area contributed by atoms with Gasteiger partial charge in [-0.15, -0.1) is 0 Å². The van der Waals surface area contributed by atoms with Gasteiger partial charge < -0.3 is 10.1 Å². The maximum atomic E-state index is 13.5. The topological polar surface area (TPSA) is 105 Å². The van der Waals surface area contributed by atoms with E-state index < -0.39 is 18.1 Å². The van der Waals surface area contributed by atoms with Gasteiger partial charge in [0.1, 0.15) is 11.9 Å². The lowest BCUT2D eigenvalue weighted by Gasteiger charge is -2.30. The van der Waals surface area contributed by atoms with Gasteiger partial charge in [-0.1, -0.05) is 93.8 Å². The third kappa shape index (κ3) is 8.93. The van der Waals surface area contributed by atoms with Crippen LogP contribution in [0.3, 0.4) is 0 Å². The van der Waals surface area contributed by atoms with E-state index in [0.717, 1.165) is 36.8 Å². The SMILES string of the molecule is COC(=O)[C@H](Cc1ccnc([C@H](N[C@H](C(=O)NC2CCCCC2)C(C)C)c2ccccc2)n1)NCc1ccccc1. The number of carbonyl (C=O) groups is 2. The molecule has 0 bridgehead atoms. The fourth-order valence-electron chi connectivity index (χ4n) is 5.35. The lowest BCUT2D eigenvalue weighted by atomic mass is 9.94. The Morgan fingerprint density at radius 3 is 2.29 bits per heavy atom. The van der Waals surface area contributed by atoms with Crippen molar-refractivity contribution in [1.29, 1.82) is 0 Å². The fourth-order valence-corrected chi connectivity index (χ4v) is 5.35. The van der Waals surface area contributed by atoms with Crippen LogP contribution >= 0.6 is 0 Å². The number of benzene rings is 2. The molecular formula is C33H43N5O3. The number of aromatic nitrogens is 2. The van der Waals surface area contributed by atoms with Gasteiger partial charge in [-0.3, -0.25) is 20.2 Å². The van der Waals surface area contributed by atoms with Crippen LogP contribution in [0.1, 0.15) is 74.6 Å². The Morgan fingerprint density at radius 1 is 0.951 bits per heavy atom. The molecule has 41 heavy (non-hydrogen) atoms. The molecule has 1 aliphatic rings. The number of nitrogens with one attached hydrogen (secondary N) is 3. The van der Waals surface area contributed by atoms with Gasteiger partial charge in [0.2, 0.25) is 5.91 Å². The van der Waals surface area contributed by atoms with Crippen LogP contribution in [-0.2, 0) is 27.3 Å². The highest BCUT2D eigenvalue weighted by Gasteiger charge is 2.30. The summed E-state index contributed by atoms with van der Waals surface area (Å²) in [7, 11) is 1.39. The predicted molar refractivity (Wildman–Crippen MR) is 160 cm³/mol. The number of nitrogens with zero attached hydrogens (tertiary/aromatic N) is 2. The molecule has 8 nitrogen and oxygen atoms in total. The largest absolute Gasteiger partial charge is 0.468 e. The number of ether oxygens (including phenoxy) is 1. The minimum atomic E-state index is -0.573. The van der Waals surface area contributed by atoms with Crippen molar-refractivity contribution in [1.82, 2.24) is 25.9 Å². The lowest BCUT2D eigenvalue weighted by molar-refractivity contribution is -0.143. The minimum Gasteiger partial charge on any atom is -0.468 e. The molecular weight excluding hydrogens is 514 g/mol. The zero-order chi connectivity index (χ0) is 29.0. The third-order valence-corrected chi connectivity index (χ3v) is 7.66. The van der Waals surface area contributed by atoms with E-state index in [4.69, 9.17) is 9.72 Å². The molecule has 0 aliphatic heterocycles. The summed E-state index contributed by atoms with van der Waals surface area (Å²) in [5, 5.41) is 10.2. The second-order valence-corrected chi connectivity index (χ2v) is 11.1. The van der Waals surface area contributed by atoms with Gasteiger partial charge in [0, 0.05) is 30.9 Å². The van der Waals surface area contributed by atoms with Crippen molar-refractivity contribution >= 4 is 11.9 Å². The normalized spacial score (nSPS) is 16.1. The maximum absolute atomic E-state index is 13.5. The van der Waals surface area contributed by atoms with Crippen LogP contribution in [-0.4, -0.2) is 47.1 Å². The van der Waals surface area contributed by atoms with Crippen molar-refractivity contribution < 1.29 is 14.3 Å². The van der Waals surface area contributed by atoms with E-state index in [1.54, 1.807) is 6.20 Å². The molecule has 1 fully saturated rings. The number of amides is 1. The predicted octanol–water partition coefficient (Wildman–Crippen LogP) is 4.50. The molecule has 1 aromatic heterocycles. The minimum absolute atomic E-state index is 0.0138. The van der Waals surface area contributed by atoms with E-state index in [2.05, 4.69) is 34.8 Å². The van der Waals surface area contributed by atoms with E-state index in [1.807, 2.05) is 66.7 Å². The van der Waals surface area contributed by atoms with E-state index in [0.29, 0.717) is 24.5 Å².